The van der Waals surface area contributed by atoms with E-state index < -0.39 is 5.97 Å². The third-order valence-corrected chi connectivity index (χ3v) is 5.53. The van der Waals surface area contributed by atoms with Gasteiger partial charge in [0.25, 0.3) is 11.5 Å². The lowest BCUT2D eigenvalue weighted by atomic mass is 10.1. The molecule has 2 aromatic heterocycles. The molecule has 31 heavy (non-hydrogen) atoms. The number of furan rings is 1. The van der Waals surface area contributed by atoms with E-state index in [1.54, 1.807) is 41.9 Å². The molecule has 0 fully saturated rings. The van der Waals surface area contributed by atoms with Gasteiger partial charge in [0.05, 0.1) is 29.3 Å². The number of rotatable bonds is 5. The Morgan fingerprint density at radius 3 is 2.84 bits per heavy atom. The van der Waals surface area contributed by atoms with Crippen molar-refractivity contribution in [2.24, 2.45) is 0 Å². The fourth-order valence-electron chi connectivity index (χ4n) is 3.77. The Kier molecular flexibility index (Phi) is 6.16. The maximum absolute atomic E-state index is 12.9. The van der Waals surface area contributed by atoms with Gasteiger partial charge in [0.2, 0.25) is 0 Å². The van der Waals surface area contributed by atoms with Crippen molar-refractivity contribution in [1.29, 1.82) is 0 Å². The molecular formula is C23H25N3O5. The molecule has 4 rings (SSSR count). The van der Waals surface area contributed by atoms with Crippen LogP contribution >= 0.6 is 0 Å². The van der Waals surface area contributed by atoms with E-state index in [2.05, 4.69) is 4.98 Å². The standard InChI is InChI=1S/C23H25N3O5/c1-25(14-17-7-6-12-30-17)21(27)15-31-23(29)16-9-10-18-19(13-16)24-20-8-4-2-3-5-11-26(20)22(18)28/h6-7,9-10,12-13H,2-5,8,11,14-15H2,1H3. The monoisotopic (exact) mass is 423 g/mol. The molecule has 162 valence electrons. The first-order valence-corrected chi connectivity index (χ1v) is 10.5. The van der Waals surface area contributed by atoms with Crippen molar-refractivity contribution in [3.05, 3.63) is 64.1 Å². The molecule has 0 radical (unpaired) electrons. The smallest absolute Gasteiger partial charge is 0.338 e. The molecular weight excluding hydrogens is 398 g/mol. The lowest BCUT2D eigenvalue weighted by molar-refractivity contribution is -0.133. The summed E-state index contributed by atoms with van der Waals surface area (Å²) in [7, 11) is 1.61. The van der Waals surface area contributed by atoms with Crippen LogP contribution in [0.4, 0.5) is 0 Å². The number of likely N-dealkylation sites (N-methyl/N-ethyl adjacent to an activating group) is 1. The fraction of sp³-hybridized carbons (Fsp3) is 0.391. The number of ether oxygens (including phenoxy) is 1. The van der Waals surface area contributed by atoms with Crippen molar-refractivity contribution >= 4 is 22.8 Å². The minimum absolute atomic E-state index is 0.0726. The number of hydrogen-bond acceptors (Lipinski definition) is 6. The van der Waals surface area contributed by atoms with E-state index in [-0.39, 0.29) is 23.6 Å². The Balaban J connectivity index is 1.47. The Hall–Kier alpha value is -3.42. The number of carbonyl (C=O) groups excluding carboxylic acids is 2. The number of aromatic nitrogens is 2. The van der Waals surface area contributed by atoms with Crippen LogP contribution in [-0.4, -0.2) is 40.0 Å². The lowest BCUT2D eigenvalue weighted by Gasteiger charge is -2.17. The van der Waals surface area contributed by atoms with Crippen molar-refractivity contribution < 1.29 is 18.7 Å². The molecule has 0 bridgehead atoms. The zero-order valence-electron chi connectivity index (χ0n) is 17.5. The Labute approximate surface area is 179 Å². The molecule has 0 aliphatic carbocycles. The minimum atomic E-state index is -0.629. The first-order chi connectivity index (χ1) is 15.0. The summed E-state index contributed by atoms with van der Waals surface area (Å²) in [5.74, 6) is 0.430. The minimum Gasteiger partial charge on any atom is -0.467 e. The summed E-state index contributed by atoms with van der Waals surface area (Å²) in [6.07, 6.45) is 6.48. The average molecular weight is 423 g/mol. The normalized spacial score (nSPS) is 13.8. The van der Waals surface area contributed by atoms with Crippen LogP contribution in [0.3, 0.4) is 0 Å². The van der Waals surface area contributed by atoms with Crippen LogP contribution < -0.4 is 5.56 Å². The fourth-order valence-corrected chi connectivity index (χ4v) is 3.77. The molecule has 0 spiro atoms. The highest BCUT2D eigenvalue weighted by molar-refractivity contribution is 5.95. The number of benzene rings is 1. The van der Waals surface area contributed by atoms with Crippen LogP contribution in [0, 0.1) is 0 Å². The number of carbonyl (C=O) groups is 2. The SMILES string of the molecule is CN(Cc1ccco1)C(=O)COC(=O)c1ccc2c(=O)n3c(nc2c1)CCCCCC3. The third kappa shape index (κ3) is 4.68. The van der Waals surface area contributed by atoms with E-state index in [0.29, 0.717) is 29.8 Å². The summed E-state index contributed by atoms with van der Waals surface area (Å²) in [5, 5.41) is 0.482. The van der Waals surface area contributed by atoms with Gasteiger partial charge >= 0.3 is 5.97 Å². The van der Waals surface area contributed by atoms with Crippen molar-refractivity contribution in [2.75, 3.05) is 13.7 Å². The molecule has 8 nitrogen and oxygen atoms in total. The molecule has 3 aromatic rings. The van der Waals surface area contributed by atoms with Gasteiger partial charge in [-0.15, -0.1) is 0 Å². The first-order valence-electron chi connectivity index (χ1n) is 10.5. The lowest BCUT2D eigenvalue weighted by Crippen LogP contribution is -2.30. The number of amides is 1. The van der Waals surface area contributed by atoms with Gasteiger partial charge in [-0.25, -0.2) is 9.78 Å². The molecule has 0 saturated carbocycles. The van der Waals surface area contributed by atoms with E-state index in [1.165, 1.54) is 11.2 Å². The Morgan fingerprint density at radius 2 is 2.03 bits per heavy atom. The van der Waals surface area contributed by atoms with Crippen molar-refractivity contribution in [2.45, 2.75) is 45.2 Å². The summed E-state index contributed by atoms with van der Waals surface area (Å²) >= 11 is 0. The van der Waals surface area contributed by atoms with Crippen LogP contribution in [-0.2, 0) is 29.0 Å². The van der Waals surface area contributed by atoms with Gasteiger partial charge < -0.3 is 14.1 Å². The number of nitrogens with zero attached hydrogens (tertiary/aromatic N) is 3. The van der Waals surface area contributed by atoms with Crippen molar-refractivity contribution in [1.82, 2.24) is 14.5 Å². The molecule has 1 amide bonds. The summed E-state index contributed by atoms with van der Waals surface area (Å²) in [5.41, 5.74) is 0.667. The molecule has 1 aliphatic heterocycles. The second-order valence-electron chi connectivity index (χ2n) is 7.79. The quantitative estimate of drug-likeness (QED) is 0.586. The first kappa shape index (κ1) is 20.8. The number of esters is 1. The highest BCUT2D eigenvalue weighted by atomic mass is 16.5. The van der Waals surface area contributed by atoms with E-state index in [1.807, 2.05) is 0 Å². The highest BCUT2D eigenvalue weighted by Crippen LogP contribution is 2.17. The predicted octanol–water partition coefficient (Wildman–Crippen LogP) is 2.92. The highest BCUT2D eigenvalue weighted by Gasteiger charge is 2.17. The van der Waals surface area contributed by atoms with Gasteiger partial charge in [0, 0.05) is 20.0 Å². The molecule has 3 heterocycles. The van der Waals surface area contributed by atoms with Crippen molar-refractivity contribution in [3.63, 3.8) is 0 Å². The summed E-state index contributed by atoms with van der Waals surface area (Å²) in [6.45, 7) is 0.585. The maximum Gasteiger partial charge on any atom is 0.338 e. The largest absolute Gasteiger partial charge is 0.467 e. The molecule has 8 heteroatoms. The van der Waals surface area contributed by atoms with Crippen LogP contribution in [0.1, 0.15) is 47.6 Å². The second kappa shape index (κ2) is 9.16. The molecule has 0 saturated heterocycles. The van der Waals surface area contributed by atoms with Crippen LogP contribution in [0.2, 0.25) is 0 Å². The summed E-state index contributed by atoms with van der Waals surface area (Å²) < 4.78 is 12.2. The van der Waals surface area contributed by atoms with Crippen LogP contribution in [0.25, 0.3) is 10.9 Å². The van der Waals surface area contributed by atoms with Crippen molar-refractivity contribution in [3.8, 4) is 0 Å². The number of aryl methyl sites for hydroxylation is 1. The zero-order valence-corrected chi connectivity index (χ0v) is 17.5. The van der Waals surface area contributed by atoms with Gasteiger partial charge in [-0.1, -0.05) is 12.8 Å². The molecule has 0 unspecified atom stereocenters. The number of fused-ring (bicyclic) bond motifs is 2. The molecule has 1 aliphatic rings. The summed E-state index contributed by atoms with van der Waals surface area (Å²) in [6, 6.07) is 8.23. The van der Waals surface area contributed by atoms with Gasteiger partial charge in [0.15, 0.2) is 6.61 Å². The topological polar surface area (TPSA) is 94.6 Å². The number of hydrogen-bond donors (Lipinski definition) is 0. The summed E-state index contributed by atoms with van der Waals surface area (Å²) in [4.78, 5) is 43.7. The maximum atomic E-state index is 12.9. The van der Waals surface area contributed by atoms with Gasteiger partial charge in [0.1, 0.15) is 11.6 Å². The van der Waals surface area contributed by atoms with Gasteiger partial charge in [-0.2, -0.15) is 0 Å². The van der Waals surface area contributed by atoms with Gasteiger partial charge in [-0.3, -0.25) is 14.2 Å². The van der Waals surface area contributed by atoms with Crippen LogP contribution in [0.15, 0.2) is 45.8 Å². The average Bonchev–Trinajstić information content (AvgIpc) is 3.25. The van der Waals surface area contributed by atoms with E-state index in [9.17, 15) is 14.4 Å². The third-order valence-electron chi connectivity index (χ3n) is 5.53. The van der Waals surface area contributed by atoms with E-state index in [0.717, 1.165) is 37.9 Å². The predicted molar refractivity (Wildman–Crippen MR) is 114 cm³/mol. The van der Waals surface area contributed by atoms with Crippen LogP contribution in [0.5, 0.6) is 0 Å². The Morgan fingerprint density at radius 1 is 1.19 bits per heavy atom. The Bertz CT molecular complexity index is 1150. The second-order valence-corrected chi connectivity index (χ2v) is 7.79. The van der Waals surface area contributed by atoms with E-state index >= 15 is 0 Å². The van der Waals surface area contributed by atoms with E-state index in [4.69, 9.17) is 9.15 Å². The molecule has 1 aromatic carbocycles. The zero-order chi connectivity index (χ0) is 21.8. The molecule has 0 atom stereocenters. The van der Waals surface area contributed by atoms with Gasteiger partial charge in [-0.05, 0) is 43.2 Å². The molecule has 0 N–H and O–H groups in total.